The maximum absolute atomic E-state index is 11.5. The SMILES string of the molecule is COC(=O)c1nc(Cl)c(NCCN2CCCC2)nc1C. The van der Waals surface area contributed by atoms with Crippen molar-refractivity contribution < 1.29 is 9.53 Å². The van der Waals surface area contributed by atoms with Gasteiger partial charge in [-0.05, 0) is 32.9 Å². The molecule has 1 fully saturated rings. The highest BCUT2D eigenvalue weighted by molar-refractivity contribution is 6.31. The molecule has 0 bridgehead atoms. The van der Waals surface area contributed by atoms with Crippen LogP contribution in [0.4, 0.5) is 5.82 Å². The van der Waals surface area contributed by atoms with Gasteiger partial charge in [-0.1, -0.05) is 11.6 Å². The topological polar surface area (TPSA) is 67.3 Å². The van der Waals surface area contributed by atoms with Crippen molar-refractivity contribution in [1.82, 2.24) is 14.9 Å². The van der Waals surface area contributed by atoms with Gasteiger partial charge in [0.15, 0.2) is 16.7 Å². The summed E-state index contributed by atoms with van der Waals surface area (Å²) in [5, 5.41) is 3.36. The third-order valence-corrected chi connectivity index (χ3v) is 3.59. The van der Waals surface area contributed by atoms with Crippen molar-refractivity contribution in [2.75, 3.05) is 38.6 Å². The second-order valence-corrected chi connectivity index (χ2v) is 5.12. The highest BCUT2D eigenvalue weighted by atomic mass is 35.5. The molecule has 1 aromatic heterocycles. The molecule has 6 nitrogen and oxygen atoms in total. The van der Waals surface area contributed by atoms with Crippen LogP contribution in [-0.4, -0.2) is 54.1 Å². The molecule has 1 aliphatic rings. The van der Waals surface area contributed by atoms with Gasteiger partial charge in [0.25, 0.3) is 0 Å². The molecule has 20 heavy (non-hydrogen) atoms. The monoisotopic (exact) mass is 298 g/mol. The number of anilines is 1. The number of rotatable bonds is 5. The molecule has 2 heterocycles. The third kappa shape index (κ3) is 3.58. The maximum Gasteiger partial charge on any atom is 0.358 e. The summed E-state index contributed by atoms with van der Waals surface area (Å²) in [5.41, 5.74) is 0.660. The molecule has 1 N–H and O–H groups in total. The number of hydrogen-bond acceptors (Lipinski definition) is 6. The van der Waals surface area contributed by atoms with Crippen LogP contribution in [0, 0.1) is 6.92 Å². The molecule has 0 atom stereocenters. The summed E-state index contributed by atoms with van der Waals surface area (Å²) in [6.45, 7) is 5.73. The van der Waals surface area contributed by atoms with Crippen LogP contribution in [0.15, 0.2) is 0 Å². The lowest BCUT2D eigenvalue weighted by atomic mass is 10.3. The Balaban J connectivity index is 1.97. The Morgan fingerprint density at radius 1 is 1.40 bits per heavy atom. The molecule has 0 unspecified atom stereocenters. The Labute approximate surface area is 123 Å². The van der Waals surface area contributed by atoms with Gasteiger partial charge < -0.3 is 15.0 Å². The van der Waals surface area contributed by atoms with Crippen LogP contribution in [-0.2, 0) is 4.74 Å². The Morgan fingerprint density at radius 3 is 2.75 bits per heavy atom. The van der Waals surface area contributed by atoms with E-state index in [1.54, 1.807) is 6.92 Å². The number of carbonyl (C=O) groups is 1. The number of ether oxygens (including phenoxy) is 1. The van der Waals surface area contributed by atoms with E-state index in [9.17, 15) is 4.79 Å². The van der Waals surface area contributed by atoms with Gasteiger partial charge in [-0.3, -0.25) is 0 Å². The lowest BCUT2D eigenvalue weighted by molar-refractivity contribution is 0.0592. The van der Waals surface area contributed by atoms with Crippen molar-refractivity contribution in [3.8, 4) is 0 Å². The normalized spacial score (nSPS) is 15.3. The summed E-state index contributed by atoms with van der Waals surface area (Å²) in [6.07, 6.45) is 2.54. The molecule has 0 spiro atoms. The first-order valence-corrected chi connectivity index (χ1v) is 7.08. The van der Waals surface area contributed by atoms with Gasteiger partial charge >= 0.3 is 5.97 Å². The van der Waals surface area contributed by atoms with Gasteiger partial charge in [-0.25, -0.2) is 14.8 Å². The summed E-state index contributed by atoms with van der Waals surface area (Å²) in [5.74, 6) is -0.0171. The van der Waals surface area contributed by atoms with E-state index >= 15 is 0 Å². The fourth-order valence-electron chi connectivity index (χ4n) is 2.24. The number of carbonyl (C=O) groups excluding carboxylic acids is 1. The summed E-state index contributed by atoms with van der Waals surface area (Å²) >= 11 is 6.04. The number of likely N-dealkylation sites (tertiary alicyclic amines) is 1. The van der Waals surface area contributed by atoms with Gasteiger partial charge in [0.05, 0.1) is 12.8 Å². The summed E-state index contributed by atoms with van der Waals surface area (Å²) in [6, 6.07) is 0. The molecule has 1 aliphatic heterocycles. The Bertz CT molecular complexity index is 490. The molecule has 110 valence electrons. The predicted molar refractivity (Wildman–Crippen MR) is 77.3 cm³/mol. The second kappa shape index (κ2) is 6.85. The second-order valence-electron chi connectivity index (χ2n) is 4.76. The zero-order valence-corrected chi connectivity index (χ0v) is 12.5. The van der Waals surface area contributed by atoms with E-state index < -0.39 is 5.97 Å². The number of nitrogens with one attached hydrogen (secondary N) is 1. The molecule has 0 saturated carbocycles. The number of methoxy groups -OCH3 is 1. The summed E-state index contributed by atoms with van der Waals surface area (Å²) < 4.78 is 4.63. The number of halogens is 1. The van der Waals surface area contributed by atoms with Crippen molar-refractivity contribution in [2.45, 2.75) is 19.8 Å². The van der Waals surface area contributed by atoms with Crippen LogP contribution >= 0.6 is 11.6 Å². The first kappa shape index (κ1) is 15.0. The van der Waals surface area contributed by atoms with E-state index in [0.717, 1.165) is 26.2 Å². The van der Waals surface area contributed by atoms with Crippen molar-refractivity contribution in [1.29, 1.82) is 0 Å². The lowest BCUT2D eigenvalue weighted by Gasteiger charge is -2.15. The Hall–Kier alpha value is -1.40. The van der Waals surface area contributed by atoms with Crippen LogP contribution in [0.25, 0.3) is 0 Å². The lowest BCUT2D eigenvalue weighted by Crippen LogP contribution is -2.26. The molecular weight excluding hydrogens is 280 g/mol. The van der Waals surface area contributed by atoms with Crippen LogP contribution in [0.3, 0.4) is 0 Å². The molecule has 2 rings (SSSR count). The van der Waals surface area contributed by atoms with Gasteiger partial charge in [0.2, 0.25) is 0 Å². The highest BCUT2D eigenvalue weighted by Crippen LogP contribution is 2.19. The molecule has 0 radical (unpaired) electrons. The molecule has 0 aliphatic carbocycles. The number of aryl methyl sites for hydroxylation is 1. The zero-order chi connectivity index (χ0) is 14.5. The van der Waals surface area contributed by atoms with E-state index in [1.807, 2.05) is 0 Å². The van der Waals surface area contributed by atoms with Crippen LogP contribution in [0.5, 0.6) is 0 Å². The fraction of sp³-hybridized carbons (Fsp3) is 0.615. The molecular formula is C13H19ClN4O2. The third-order valence-electron chi connectivity index (χ3n) is 3.33. The average Bonchev–Trinajstić information content (AvgIpc) is 2.94. The fourth-order valence-corrected chi connectivity index (χ4v) is 2.43. The first-order chi connectivity index (χ1) is 9.61. The average molecular weight is 299 g/mol. The van der Waals surface area contributed by atoms with Crippen molar-refractivity contribution >= 4 is 23.4 Å². The van der Waals surface area contributed by atoms with Crippen LogP contribution < -0.4 is 5.32 Å². The minimum absolute atomic E-state index is 0.155. The number of nitrogens with zero attached hydrogens (tertiary/aromatic N) is 3. The van der Waals surface area contributed by atoms with Gasteiger partial charge in [-0.15, -0.1) is 0 Å². The van der Waals surface area contributed by atoms with Crippen LogP contribution in [0.2, 0.25) is 5.15 Å². The minimum Gasteiger partial charge on any atom is -0.464 e. The van der Waals surface area contributed by atoms with E-state index in [1.165, 1.54) is 20.0 Å². The largest absolute Gasteiger partial charge is 0.464 e. The zero-order valence-electron chi connectivity index (χ0n) is 11.8. The van der Waals surface area contributed by atoms with Crippen molar-refractivity contribution in [2.24, 2.45) is 0 Å². The van der Waals surface area contributed by atoms with E-state index in [-0.39, 0.29) is 10.8 Å². The van der Waals surface area contributed by atoms with E-state index in [0.29, 0.717) is 11.5 Å². The minimum atomic E-state index is -0.527. The van der Waals surface area contributed by atoms with Gasteiger partial charge in [0.1, 0.15) is 0 Å². The van der Waals surface area contributed by atoms with Crippen LogP contribution in [0.1, 0.15) is 29.0 Å². The predicted octanol–water partition coefficient (Wildman–Crippen LogP) is 1.73. The standard InChI is InChI=1S/C13H19ClN4O2/c1-9-10(13(19)20-2)17-11(14)12(16-9)15-5-8-18-6-3-4-7-18/h3-8H2,1-2H3,(H,15,16). The Morgan fingerprint density at radius 2 is 2.10 bits per heavy atom. The highest BCUT2D eigenvalue weighted by Gasteiger charge is 2.16. The first-order valence-electron chi connectivity index (χ1n) is 6.70. The molecule has 7 heteroatoms. The maximum atomic E-state index is 11.5. The molecule has 0 aromatic carbocycles. The molecule has 1 aromatic rings. The molecule has 1 saturated heterocycles. The smallest absolute Gasteiger partial charge is 0.358 e. The molecule has 0 amide bonds. The van der Waals surface area contributed by atoms with E-state index in [4.69, 9.17) is 11.6 Å². The summed E-state index contributed by atoms with van der Waals surface area (Å²) in [4.78, 5) is 22.2. The van der Waals surface area contributed by atoms with Crippen molar-refractivity contribution in [3.63, 3.8) is 0 Å². The quantitative estimate of drug-likeness (QED) is 0.835. The number of hydrogen-bond donors (Lipinski definition) is 1. The Kier molecular flexibility index (Phi) is 5.14. The van der Waals surface area contributed by atoms with Gasteiger partial charge in [-0.2, -0.15) is 0 Å². The number of esters is 1. The summed E-state index contributed by atoms with van der Waals surface area (Å²) in [7, 11) is 1.31. The number of aromatic nitrogens is 2. The van der Waals surface area contributed by atoms with E-state index in [2.05, 4.69) is 24.9 Å². The van der Waals surface area contributed by atoms with Crippen molar-refractivity contribution in [3.05, 3.63) is 16.5 Å². The van der Waals surface area contributed by atoms with Gasteiger partial charge in [0, 0.05) is 13.1 Å².